The number of aliphatic hydroxyl groups excluding tert-OH is 1. The molecule has 1 aliphatic carbocycles. The van der Waals surface area contributed by atoms with Crippen molar-refractivity contribution in [1.82, 2.24) is 0 Å². The lowest BCUT2D eigenvalue weighted by atomic mass is 9.57. The summed E-state index contributed by atoms with van der Waals surface area (Å²) in [7, 11) is 0. The highest BCUT2D eigenvalue weighted by molar-refractivity contribution is 5.86. The van der Waals surface area contributed by atoms with E-state index >= 15 is 0 Å². The summed E-state index contributed by atoms with van der Waals surface area (Å²) < 4.78 is 11.0. The number of aliphatic hydroxyl groups is 1. The highest BCUT2D eigenvalue weighted by atomic mass is 16.6. The Morgan fingerprint density at radius 3 is 2.58 bits per heavy atom. The molecule has 1 saturated heterocycles. The first-order valence-electron chi connectivity index (χ1n) is 6.83. The molecule has 1 aliphatic heterocycles. The van der Waals surface area contributed by atoms with E-state index in [-0.39, 0.29) is 23.8 Å². The van der Waals surface area contributed by atoms with E-state index in [0.29, 0.717) is 19.4 Å². The number of rotatable bonds is 4. The fourth-order valence-electron chi connectivity index (χ4n) is 3.66. The van der Waals surface area contributed by atoms with E-state index in [1.54, 1.807) is 0 Å². The molecular formula is C14H22O5. The molecule has 108 valence electrons. The smallest absolute Gasteiger partial charge is 0.303 e. The van der Waals surface area contributed by atoms with Crippen molar-refractivity contribution in [3.8, 4) is 0 Å². The van der Waals surface area contributed by atoms with Gasteiger partial charge in [0.25, 0.3) is 0 Å². The Hall–Kier alpha value is -0.940. The van der Waals surface area contributed by atoms with Crippen molar-refractivity contribution in [2.45, 2.75) is 51.7 Å². The number of esters is 1. The van der Waals surface area contributed by atoms with Gasteiger partial charge in [-0.1, -0.05) is 20.3 Å². The van der Waals surface area contributed by atoms with Crippen molar-refractivity contribution in [2.24, 2.45) is 11.3 Å². The molecule has 0 radical (unpaired) electrons. The molecule has 5 nitrogen and oxygen atoms in total. The fourth-order valence-corrected chi connectivity index (χ4v) is 3.66. The minimum Gasteiger partial charge on any atom is -0.454 e. The van der Waals surface area contributed by atoms with Crippen LogP contribution in [0.3, 0.4) is 0 Å². The number of Topliss-reactive ketones (excluding diaryl/α,β-unsaturated/α-hetero) is 1. The van der Waals surface area contributed by atoms with E-state index in [1.165, 1.54) is 6.92 Å². The maximum atomic E-state index is 12.1. The lowest BCUT2D eigenvalue weighted by molar-refractivity contribution is -0.286. The first-order valence-corrected chi connectivity index (χ1v) is 6.83. The highest BCUT2D eigenvalue weighted by Crippen LogP contribution is 2.53. The minimum absolute atomic E-state index is 0.110. The van der Waals surface area contributed by atoms with Gasteiger partial charge in [-0.15, -0.1) is 0 Å². The van der Waals surface area contributed by atoms with Crippen LogP contribution in [-0.2, 0) is 19.1 Å². The second-order valence-electron chi connectivity index (χ2n) is 5.97. The number of hydrogen-bond acceptors (Lipinski definition) is 5. The van der Waals surface area contributed by atoms with Crippen LogP contribution in [0.15, 0.2) is 0 Å². The number of carbonyl (C=O) groups excluding carboxylic acids is 2. The summed E-state index contributed by atoms with van der Waals surface area (Å²) >= 11 is 0. The van der Waals surface area contributed by atoms with E-state index in [9.17, 15) is 14.7 Å². The van der Waals surface area contributed by atoms with Gasteiger partial charge in [0.2, 0.25) is 0 Å². The van der Waals surface area contributed by atoms with E-state index in [2.05, 4.69) is 0 Å². The molecule has 1 heterocycles. The van der Waals surface area contributed by atoms with Crippen molar-refractivity contribution >= 4 is 11.8 Å². The Morgan fingerprint density at radius 2 is 2.16 bits per heavy atom. The maximum absolute atomic E-state index is 12.1. The van der Waals surface area contributed by atoms with Crippen LogP contribution in [0.4, 0.5) is 0 Å². The quantitative estimate of drug-likeness (QED) is 0.774. The summed E-state index contributed by atoms with van der Waals surface area (Å²) in [5, 5.41) is 9.21. The molecule has 1 saturated carbocycles. The van der Waals surface area contributed by atoms with Crippen molar-refractivity contribution < 1.29 is 24.2 Å². The standard InChI is InChI=1S/C14H22O5/c1-4-10-5-12-14(8-18-12,19-9(2)16)7-13(10,3)11(17)6-15/h10,12,15H,4-8H2,1-3H3/t10-,12+,13?,14-/m0/s1. The Bertz CT molecular complexity index is 393. The molecule has 1 N–H and O–H groups in total. The van der Waals surface area contributed by atoms with Crippen molar-refractivity contribution in [3.63, 3.8) is 0 Å². The molecule has 2 rings (SSSR count). The molecule has 0 aromatic heterocycles. The fraction of sp³-hybridized carbons (Fsp3) is 0.857. The Kier molecular flexibility index (Phi) is 3.71. The van der Waals surface area contributed by atoms with Gasteiger partial charge in [0.1, 0.15) is 12.7 Å². The van der Waals surface area contributed by atoms with Gasteiger partial charge in [-0.2, -0.15) is 0 Å². The summed E-state index contributed by atoms with van der Waals surface area (Å²) in [6.07, 6.45) is 1.88. The second-order valence-corrected chi connectivity index (χ2v) is 5.97. The van der Waals surface area contributed by atoms with Gasteiger partial charge >= 0.3 is 5.97 Å². The zero-order chi connectivity index (χ0) is 14.3. The molecule has 4 atom stereocenters. The predicted molar refractivity (Wildman–Crippen MR) is 67.5 cm³/mol. The third-order valence-electron chi connectivity index (χ3n) is 4.80. The van der Waals surface area contributed by atoms with Crippen LogP contribution in [0, 0.1) is 11.3 Å². The SMILES string of the molecule is CC[C@H]1C[C@H]2OC[C@@]2(OC(C)=O)CC1(C)C(=O)CO. The van der Waals surface area contributed by atoms with Crippen LogP contribution in [-0.4, -0.2) is 41.8 Å². The van der Waals surface area contributed by atoms with E-state index in [4.69, 9.17) is 9.47 Å². The van der Waals surface area contributed by atoms with Gasteiger partial charge in [0, 0.05) is 18.8 Å². The summed E-state index contributed by atoms with van der Waals surface area (Å²) in [6, 6.07) is 0. The van der Waals surface area contributed by atoms with Crippen LogP contribution in [0.1, 0.15) is 40.0 Å². The highest BCUT2D eigenvalue weighted by Gasteiger charge is 2.62. The molecule has 0 amide bonds. The Balaban J connectivity index is 2.27. The molecule has 2 fully saturated rings. The third-order valence-corrected chi connectivity index (χ3v) is 4.80. The summed E-state index contributed by atoms with van der Waals surface area (Å²) in [5.74, 6) is -0.362. The van der Waals surface area contributed by atoms with Gasteiger partial charge in [-0.05, 0) is 12.3 Å². The third kappa shape index (κ3) is 2.19. The largest absolute Gasteiger partial charge is 0.454 e. The first kappa shape index (κ1) is 14.5. The van der Waals surface area contributed by atoms with Crippen LogP contribution in [0.5, 0.6) is 0 Å². The van der Waals surface area contributed by atoms with E-state index < -0.39 is 17.6 Å². The van der Waals surface area contributed by atoms with Crippen molar-refractivity contribution in [3.05, 3.63) is 0 Å². The second kappa shape index (κ2) is 4.87. The average molecular weight is 270 g/mol. The molecule has 5 heteroatoms. The predicted octanol–water partition coefficient (Wildman–Crippen LogP) is 1.07. The topological polar surface area (TPSA) is 72.8 Å². The Labute approximate surface area is 113 Å². The molecule has 0 aromatic carbocycles. The van der Waals surface area contributed by atoms with Gasteiger partial charge in [0.05, 0.1) is 6.61 Å². The number of fused-ring (bicyclic) bond motifs is 1. The van der Waals surface area contributed by atoms with Crippen molar-refractivity contribution in [2.75, 3.05) is 13.2 Å². The summed E-state index contributed by atoms with van der Waals surface area (Å²) in [5.41, 5.74) is -1.31. The molecular weight excluding hydrogens is 248 g/mol. The van der Waals surface area contributed by atoms with Crippen LogP contribution in [0.25, 0.3) is 0 Å². The molecule has 0 aromatic rings. The minimum atomic E-state index is -0.670. The number of ether oxygens (including phenoxy) is 2. The lowest BCUT2D eigenvalue weighted by Gasteiger charge is -2.58. The molecule has 19 heavy (non-hydrogen) atoms. The Morgan fingerprint density at radius 1 is 1.47 bits per heavy atom. The molecule has 2 aliphatic rings. The van der Waals surface area contributed by atoms with Gasteiger partial charge in [0.15, 0.2) is 11.4 Å². The monoisotopic (exact) mass is 270 g/mol. The van der Waals surface area contributed by atoms with Crippen LogP contribution >= 0.6 is 0 Å². The molecule has 0 bridgehead atoms. The van der Waals surface area contributed by atoms with Gasteiger partial charge in [-0.3, -0.25) is 9.59 Å². The summed E-state index contributed by atoms with van der Waals surface area (Å²) in [4.78, 5) is 23.4. The zero-order valence-electron chi connectivity index (χ0n) is 11.8. The van der Waals surface area contributed by atoms with Gasteiger partial charge < -0.3 is 14.6 Å². The number of carbonyl (C=O) groups is 2. The number of hydrogen-bond donors (Lipinski definition) is 1. The maximum Gasteiger partial charge on any atom is 0.303 e. The lowest BCUT2D eigenvalue weighted by Crippen LogP contribution is -2.68. The molecule has 1 unspecified atom stereocenters. The average Bonchev–Trinajstić information content (AvgIpc) is 2.34. The van der Waals surface area contributed by atoms with Crippen molar-refractivity contribution in [1.29, 1.82) is 0 Å². The van der Waals surface area contributed by atoms with E-state index in [0.717, 1.165) is 6.42 Å². The first-order chi connectivity index (χ1) is 8.88. The number of ketones is 1. The molecule has 0 spiro atoms. The van der Waals surface area contributed by atoms with E-state index in [1.807, 2.05) is 13.8 Å². The normalized spacial score (nSPS) is 41.1. The van der Waals surface area contributed by atoms with Gasteiger partial charge in [-0.25, -0.2) is 0 Å². The van der Waals surface area contributed by atoms with Crippen LogP contribution in [0.2, 0.25) is 0 Å². The van der Waals surface area contributed by atoms with Crippen LogP contribution < -0.4 is 0 Å². The summed E-state index contributed by atoms with van der Waals surface area (Å²) in [6.45, 7) is 5.17. The zero-order valence-corrected chi connectivity index (χ0v) is 11.8.